The maximum Gasteiger partial charge on any atom is 0.239 e. The van der Waals surface area contributed by atoms with E-state index < -0.39 is 0 Å². The number of carbonyl (C=O) groups excluding carboxylic acids is 1. The van der Waals surface area contributed by atoms with Gasteiger partial charge in [-0.25, -0.2) is 4.98 Å². The number of nitrogens with zero attached hydrogens (tertiary/aromatic N) is 2. The van der Waals surface area contributed by atoms with Gasteiger partial charge in [0.05, 0.1) is 11.0 Å². The summed E-state index contributed by atoms with van der Waals surface area (Å²) < 4.78 is 2.01. The molecule has 1 amide bonds. The van der Waals surface area contributed by atoms with Gasteiger partial charge in [0, 0.05) is 18.7 Å². The third-order valence-corrected chi connectivity index (χ3v) is 3.32. The molecule has 2 aromatic rings. The van der Waals surface area contributed by atoms with Gasteiger partial charge in [0.1, 0.15) is 12.4 Å². The van der Waals surface area contributed by atoms with E-state index in [4.69, 9.17) is 5.73 Å². The highest BCUT2D eigenvalue weighted by atomic mass is 16.1. The van der Waals surface area contributed by atoms with Crippen molar-refractivity contribution in [1.29, 1.82) is 0 Å². The van der Waals surface area contributed by atoms with Crippen LogP contribution in [-0.4, -0.2) is 22.5 Å². The van der Waals surface area contributed by atoms with Crippen molar-refractivity contribution in [2.45, 2.75) is 25.3 Å². The van der Waals surface area contributed by atoms with Crippen LogP contribution in [0.25, 0.3) is 11.0 Å². The Hall–Kier alpha value is -2.04. The van der Waals surface area contributed by atoms with Crippen LogP contribution in [0.4, 0.5) is 5.69 Å². The summed E-state index contributed by atoms with van der Waals surface area (Å²) in [6.45, 7) is 0.322. The van der Waals surface area contributed by atoms with Gasteiger partial charge >= 0.3 is 0 Å². The molecule has 0 bridgehead atoms. The molecule has 1 aliphatic carbocycles. The lowest BCUT2D eigenvalue weighted by Crippen LogP contribution is -2.24. The van der Waals surface area contributed by atoms with Crippen LogP contribution in [0.15, 0.2) is 18.2 Å². The summed E-state index contributed by atoms with van der Waals surface area (Å²) in [7, 11) is 1.65. The van der Waals surface area contributed by atoms with Crippen molar-refractivity contribution in [3.05, 3.63) is 24.0 Å². The highest BCUT2D eigenvalue weighted by molar-refractivity contribution is 5.83. The number of nitrogens with two attached hydrogens (primary N) is 1. The standard InChI is InChI=1S/C13H16N4O/c1-15-12(18)7-17-11-5-4-9(14)6-10(11)16-13(17)8-2-3-8/h4-6,8H,2-3,7,14H2,1H3,(H,15,18). The number of benzene rings is 1. The first-order valence-corrected chi connectivity index (χ1v) is 6.15. The predicted molar refractivity (Wildman–Crippen MR) is 70.2 cm³/mol. The molecule has 94 valence electrons. The average molecular weight is 244 g/mol. The Morgan fingerprint density at radius 3 is 3.00 bits per heavy atom. The fourth-order valence-corrected chi connectivity index (χ4v) is 2.21. The number of imidazole rings is 1. The topological polar surface area (TPSA) is 72.9 Å². The number of nitrogens with one attached hydrogen (secondary N) is 1. The number of likely N-dealkylation sites (N-methyl/N-ethyl adjacent to an activating group) is 1. The SMILES string of the molecule is CNC(=O)Cn1c(C2CC2)nc2cc(N)ccc21. The minimum Gasteiger partial charge on any atom is -0.399 e. The van der Waals surface area contributed by atoms with E-state index in [9.17, 15) is 4.79 Å². The van der Waals surface area contributed by atoms with Gasteiger partial charge in [0.25, 0.3) is 0 Å². The molecule has 0 atom stereocenters. The van der Waals surface area contributed by atoms with Gasteiger partial charge in [-0.3, -0.25) is 4.79 Å². The lowest BCUT2D eigenvalue weighted by atomic mass is 10.3. The van der Waals surface area contributed by atoms with Crippen LogP contribution in [0.1, 0.15) is 24.6 Å². The summed E-state index contributed by atoms with van der Waals surface area (Å²) in [6, 6.07) is 5.65. The molecule has 5 heteroatoms. The molecule has 3 N–H and O–H groups in total. The second kappa shape index (κ2) is 4.01. The first kappa shape index (κ1) is 11.1. The van der Waals surface area contributed by atoms with Gasteiger partial charge in [-0.05, 0) is 31.0 Å². The Balaban J connectivity index is 2.12. The van der Waals surface area contributed by atoms with Crippen LogP contribution in [0.5, 0.6) is 0 Å². The summed E-state index contributed by atoms with van der Waals surface area (Å²) in [5.41, 5.74) is 8.33. The van der Waals surface area contributed by atoms with E-state index in [1.54, 1.807) is 7.05 Å². The summed E-state index contributed by atoms with van der Waals surface area (Å²) in [5, 5.41) is 2.65. The van der Waals surface area contributed by atoms with Gasteiger partial charge in [-0.1, -0.05) is 0 Å². The number of nitrogen functional groups attached to an aromatic ring is 1. The molecular formula is C13H16N4O. The zero-order valence-corrected chi connectivity index (χ0v) is 10.3. The van der Waals surface area contributed by atoms with E-state index >= 15 is 0 Å². The van der Waals surface area contributed by atoms with Gasteiger partial charge < -0.3 is 15.6 Å². The van der Waals surface area contributed by atoms with E-state index in [2.05, 4.69) is 10.3 Å². The minimum absolute atomic E-state index is 0.00646. The monoisotopic (exact) mass is 244 g/mol. The van der Waals surface area contributed by atoms with E-state index in [0.717, 1.165) is 29.7 Å². The zero-order chi connectivity index (χ0) is 12.7. The van der Waals surface area contributed by atoms with Crippen LogP contribution >= 0.6 is 0 Å². The average Bonchev–Trinajstić information content (AvgIpc) is 3.14. The Morgan fingerprint density at radius 1 is 1.56 bits per heavy atom. The van der Waals surface area contributed by atoms with Crippen molar-refractivity contribution < 1.29 is 4.79 Å². The van der Waals surface area contributed by atoms with E-state index in [-0.39, 0.29) is 5.91 Å². The van der Waals surface area contributed by atoms with Crippen LogP contribution < -0.4 is 11.1 Å². The van der Waals surface area contributed by atoms with Crippen molar-refractivity contribution in [2.75, 3.05) is 12.8 Å². The van der Waals surface area contributed by atoms with Crippen molar-refractivity contribution in [3.63, 3.8) is 0 Å². The maximum absolute atomic E-state index is 11.6. The van der Waals surface area contributed by atoms with E-state index in [1.165, 1.54) is 0 Å². The number of aromatic nitrogens is 2. The molecule has 0 spiro atoms. The summed E-state index contributed by atoms with van der Waals surface area (Å²) in [5.74, 6) is 1.51. The lowest BCUT2D eigenvalue weighted by Gasteiger charge is -2.07. The van der Waals surface area contributed by atoms with Crippen LogP contribution in [-0.2, 0) is 11.3 Å². The number of amides is 1. The van der Waals surface area contributed by atoms with Crippen LogP contribution in [0.3, 0.4) is 0 Å². The largest absolute Gasteiger partial charge is 0.399 e. The number of rotatable bonds is 3. The van der Waals surface area contributed by atoms with Gasteiger partial charge in [-0.2, -0.15) is 0 Å². The summed E-state index contributed by atoms with van der Waals surface area (Å²) >= 11 is 0. The second-order valence-electron chi connectivity index (χ2n) is 4.75. The lowest BCUT2D eigenvalue weighted by molar-refractivity contribution is -0.121. The number of carbonyl (C=O) groups is 1. The predicted octanol–water partition coefficient (Wildman–Crippen LogP) is 1.24. The normalized spacial score (nSPS) is 14.9. The molecule has 1 saturated carbocycles. The third-order valence-electron chi connectivity index (χ3n) is 3.32. The third kappa shape index (κ3) is 1.81. The quantitative estimate of drug-likeness (QED) is 0.798. The number of hydrogen-bond donors (Lipinski definition) is 2. The summed E-state index contributed by atoms with van der Waals surface area (Å²) in [4.78, 5) is 16.2. The molecule has 5 nitrogen and oxygen atoms in total. The Bertz CT molecular complexity index is 613. The van der Waals surface area contributed by atoms with Gasteiger partial charge in [-0.15, -0.1) is 0 Å². The molecular weight excluding hydrogens is 228 g/mol. The summed E-state index contributed by atoms with van der Waals surface area (Å²) in [6.07, 6.45) is 2.32. The number of fused-ring (bicyclic) bond motifs is 1. The molecule has 1 fully saturated rings. The molecule has 0 aliphatic heterocycles. The molecule has 18 heavy (non-hydrogen) atoms. The fraction of sp³-hybridized carbons (Fsp3) is 0.385. The van der Waals surface area contributed by atoms with Gasteiger partial charge in [0.15, 0.2) is 0 Å². The molecule has 1 aromatic heterocycles. The van der Waals surface area contributed by atoms with Crippen LogP contribution in [0.2, 0.25) is 0 Å². The molecule has 3 rings (SSSR count). The zero-order valence-electron chi connectivity index (χ0n) is 10.3. The Morgan fingerprint density at radius 2 is 2.33 bits per heavy atom. The smallest absolute Gasteiger partial charge is 0.239 e. The minimum atomic E-state index is -0.00646. The van der Waals surface area contributed by atoms with Crippen molar-refractivity contribution in [1.82, 2.24) is 14.9 Å². The van der Waals surface area contributed by atoms with E-state index in [1.807, 2.05) is 22.8 Å². The van der Waals surface area contributed by atoms with Gasteiger partial charge in [0.2, 0.25) is 5.91 Å². The molecule has 1 aromatic carbocycles. The van der Waals surface area contributed by atoms with Crippen molar-refractivity contribution in [3.8, 4) is 0 Å². The molecule has 1 aliphatic rings. The second-order valence-corrected chi connectivity index (χ2v) is 4.75. The number of hydrogen-bond acceptors (Lipinski definition) is 3. The molecule has 0 unspecified atom stereocenters. The first-order chi connectivity index (χ1) is 8.69. The highest BCUT2D eigenvalue weighted by Crippen LogP contribution is 2.40. The molecule has 0 saturated heterocycles. The first-order valence-electron chi connectivity index (χ1n) is 6.15. The highest BCUT2D eigenvalue weighted by Gasteiger charge is 2.30. The molecule has 0 radical (unpaired) electrons. The number of anilines is 1. The van der Waals surface area contributed by atoms with Crippen LogP contribution in [0, 0.1) is 0 Å². The Labute approximate surface area is 105 Å². The fourth-order valence-electron chi connectivity index (χ4n) is 2.21. The van der Waals surface area contributed by atoms with E-state index in [0.29, 0.717) is 18.2 Å². The molecule has 1 heterocycles. The maximum atomic E-state index is 11.6. The van der Waals surface area contributed by atoms with Crippen molar-refractivity contribution >= 4 is 22.6 Å². The van der Waals surface area contributed by atoms with Crippen molar-refractivity contribution in [2.24, 2.45) is 0 Å². The Kier molecular flexibility index (Phi) is 2.47.